The number of rotatable bonds is 20. The molecule has 22 nitrogen and oxygen atoms in total. The summed E-state index contributed by atoms with van der Waals surface area (Å²) in [5, 5.41) is 44.5. The summed E-state index contributed by atoms with van der Waals surface area (Å²) in [6, 6.07) is 60.2. The molecule has 4 amide bonds. The number of halogens is 1. The van der Waals surface area contributed by atoms with Crippen molar-refractivity contribution in [2.75, 3.05) is 32.0 Å². The molecule has 494 valence electrons. The van der Waals surface area contributed by atoms with Gasteiger partial charge in [-0.25, -0.2) is 31.1 Å². The number of carbonyl (C=O) groups is 3. The number of aliphatic hydroxyl groups is 1. The fourth-order valence-corrected chi connectivity index (χ4v) is 9.21. The van der Waals surface area contributed by atoms with E-state index in [1.165, 1.54) is 42.0 Å². The number of nitrogens with two attached hydrogens (primary N) is 1. The first kappa shape index (κ1) is 82.7. The average molecular weight is 1370 g/mol. The van der Waals surface area contributed by atoms with Crippen LogP contribution in [0.25, 0.3) is 0 Å². The molecule has 8 N–H and O–H groups in total. The SMILES string of the molecule is COCc1ccc(C#N)cc1.COCc1ccc(CN)cc1.COCc1ccc(CNS(=O)(=O)c2ccc(NC(=O)NCc3ccncc3)cc2)cc1.N#Cc1ccc(C=O)cc1.N#Cc1ccc(CO)cc1.O=C(NCc1ccncc1)Nc1ccc(S(=O)(=O)Cl)cc1.[AlH3].[H-].[Li+]. The molecule has 0 unspecified atom stereocenters. The topological polar surface area (TPSA) is 351 Å². The number of aldehydes is 1. The normalized spacial score (nSPS) is 9.95. The van der Waals surface area contributed by atoms with Crippen LogP contribution in [0.15, 0.2) is 229 Å². The van der Waals surface area contributed by atoms with Gasteiger partial charge in [0.2, 0.25) is 10.0 Å². The van der Waals surface area contributed by atoms with E-state index in [4.69, 9.17) is 51.5 Å². The van der Waals surface area contributed by atoms with E-state index in [1.54, 1.807) is 143 Å². The van der Waals surface area contributed by atoms with E-state index in [0.717, 1.165) is 45.2 Å². The Hall–Kier alpha value is -9.40. The third-order valence-corrected chi connectivity index (χ3v) is 15.2. The summed E-state index contributed by atoms with van der Waals surface area (Å²) < 4.78 is 64.8. The Bertz CT molecular complexity index is 4100. The van der Waals surface area contributed by atoms with Crippen molar-refractivity contribution in [1.82, 2.24) is 25.3 Å². The number of nitrogens with zero attached hydrogens (tertiary/aromatic N) is 5. The summed E-state index contributed by atoms with van der Waals surface area (Å²) in [5.41, 5.74) is 16.8. The number of hydrogen-bond donors (Lipinski definition) is 7. The number of sulfonamides is 1. The number of benzene rings is 7. The zero-order valence-electron chi connectivity index (χ0n) is 53.6. The van der Waals surface area contributed by atoms with Gasteiger partial charge in [0.15, 0.2) is 17.4 Å². The van der Waals surface area contributed by atoms with Gasteiger partial charge in [-0.3, -0.25) is 14.8 Å². The summed E-state index contributed by atoms with van der Waals surface area (Å²) in [4.78, 5) is 41.7. The molecular formula is C69H74AlClLiN11O11S2. The quantitative estimate of drug-likeness (QED) is 0.0237. The predicted molar refractivity (Wildman–Crippen MR) is 369 cm³/mol. The zero-order valence-corrected chi connectivity index (χ0v) is 54.9. The molecule has 2 aromatic heterocycles. The van der Waals surface area contributed by atoms with Crippen LogP contribution in [-0.4, -0.2) is 88.9 Å². The molecule has 0 bridgehead atoms. The second-order valence-electron chi connectivity index (χ2n) is 19.4. The molecule has 2 heterocycles. The van der Waals surface area contributed by atoms with Gasteiger partial charge in [-0.15, -0.1) is 0 Å². The number of nitriles is 3. The van der Waals surface area contributed by atoms with Crippen molar-refractivity contribution in [3.63, 3.8) is 0 Å². The van der Waals surface area contributed by atoms with Crippen LogP contribution in [0.1, 0.15) is 73.0 Å². The minimum atomic E-state index is -3.76. The summed E-state index contributed by atoms with van der Waals surface area (Å²) in [6.45, 7) is 3.32. The maximum absolute atomic E-state index is 12.5. The van der Waals surface area contributed by atoms with Gasteiger partial charge in [0.05, 0.1) is 71.1 Å². The average Bonchev–Trinajstić information content (AvgIpc) is 0.886. The van der Waals surface area contributed by atoms with E-state index in [-0.39, 0.29) is 66.6 Å². The van der Waals surface area contributed by atoms with Crippen molar-refractivity contribution in [3.05, 3.63) is 286 Å². The van der Waals surface area contributed by atoms with Gasteiger partial charge in [-0.2, -0.15) is 15.8 Å². The van der Waals surface area contributed by atoms with Crippen LogP contribution in [0, 0.1) is 34.0 Å². The monoisotopic (exact) mass is 1370 g/mol. The van der Waals surface area contributed by atoms with Crippen LogP contribution in [0.5, 0.6) is 0 Å². The number of nitrogens with one attached hydrogen (secondary N) is 5. The number of urea groups is 2. The molecule has 0 aliphatic rings. The van der Waals surface area contributed by atoms with E-state index in [0.29, 0.717) is 73.1 Å². The number of carbonyl (C=O) groups excluding carboxylic acids is 3. The zero-order chi connectivity index (χ0) is 68.4. The minimum absolute atomic E-state index is 0. The largest absolute Gasteiger partial charge is 1.00 e. The van der Waals surface area contributed by atoms with Gasteiger partial charge >= 0.3 is 30.9 Å². The maximum Gasteiger partial charge on any atom is 1.00 e. The van der Waals surface area contributed by atoms with Crippen LogP contribution in [0.2, 0.25) is 0 Å². The number of hydrogen-bond acceptors (Lipinski definition) is 17. The van der Waals surface area contributed by atoms with Gasteiger partial charge in [-0.05, 0) is 154 Å². The molecule has 27 heteroatoms. The molecule has 9 aromatic rings. The third-order valence-electron chi connectivity index (χ3n) is 12.4. The first-order chi connectivity index (χ1) is 45.4. The maximum atomic E-state index is 12.5. The van der Waals surface area contributed by atoms with E-state index in [1.807, 2.05) is 72.8 Å². The summed E-state index contributed by atoms with van der Waals surface area (Å²) in [6.07, 6.45) is 7.33. The summed E-state index contributed by atoms with van der Waals surface area (Å²) in [7, 11) is 2.73. The molecule has 0 fully saturated rings. The molecule has 0 saturated heterocycles. The Balaban J connectivity index is 0.000000618. The Morgan fingerprint density at radius 2 is 0.823 bits per heavy atom. The van der Waals surface area contributed by atoms with E-state index >= 15 is 0 Å². The van der Waals surface area contributed by atoms with Gasteiger partial charge in [-0.1, -0.05) is 84.9 Å². The smallest absolute Gasteiger partial charge is 1.00 e. The standard InChI is InChI=1S/C22H24N4O4S.C13H12ClN3O3S.C9H13NO.C9H9NO.C8H7NO.C8H5NO.Al.Li.4H/c1-30-16-19-4-2-17(3-5-19)15-25-31(28,29)21-8-6-20(7-9-21)26-22(27)24-14-18-10-12-23-13-11-18;14-21(19,20)12-3-1-11(2-4-12)17-13(18)16-9-10-5-7-15-8-6-10;2*1-11-7-9-4-2-8(6-10)3-5-9;2*9-5-7-1-3-8(6-10)4-2-7;;;;;;/h2-13,25H,14-16H2,1H3,(H2,24,26,27);1-8H,9H2,(H2,16,17,18);2-5H,6-7,10H2,1H3;2-5H,7H2,1H3;1-4,10H,6H2;1-4,6H;;;;;;/q;;;;;;;+1;;;;-1. The van der Waals surface area contributed by atoms with Crippen LogP contribution in [0.3, 0.4) is 0 Å². The van der Waals surface area contributed by atoms with Crippen molar-refractivity contribution >= 4 is 76.8 Å². The Kier molecular flexibility index (Phi) is 40.2. The van der Waals surface area contributed by atoms with Crippen LogP contribution in [0.4, 0.5) is 21.0 Å². The summed E-state index contributed by atoms with van der Waals surface area (Å²) >= 11 is 0. The van der Waals surface area contributed by atoms with Gasteiger partial charge in [0.25, 0.3) is 9.05 Å². The molecular weight excluding hydrogens is 1290 g/mol. The minimum Gasteiger partial charge on any atom is -1.00 e. The van der Waals surface area contributed by atoms with Crippen molar-refractivity contribution < 1.29 is 70.8 Å². The van der Waals surface area contributed by atoms with Crippen molar-refractivity contribution in [1.29, 1.82) is 15.8 Å². The summed E-state index contributed by atoms with van der Waals surface area (Å²) in [5.74, 6) is 0. The fraction of sp³-hybridized carbons (Fsp3) is 0.159. The molecule has 7 aromatic carbocycles. The Labute approximate surface area is 588 Å². The van der Waals surface area contributed by atoms with Crippen LogP contribution < -0.4 is 50.6 Å². The van der Waals surface area contributed by atoms with Crippen molar-refractivity contribution in [3.8, 4) is 18.2 Å². The van der Waals surface area contributed by atoms with Crippen LogP contribution >= 0.6 is 10.7 Å². The molecule has 0 aliphatic heterocycles. The second kappa shape index (κ2) is 46.6. The Morgan fingerprint density at radius 3 is 1.16 bits per heavy atom. The third kappa shape index (κ3) is 33.1. The Morgan fingerprint density at radius 1 is 0.500 bits per heavy atom. The van der Waals surface area contributed by atoms with Crippen molar-refractivity contribution in [2.24, 2.45) is 5.73 Å². The molecule has 0 aliphatic carbocycles. The van der Waals surface area contributed by atoms with Crippen molar-refractivity contribution in [2.45, 2.75) is 62.4 Å². The van der Waals surface area contributed by atoms with E-state index < -0.39 is 25.1 Å². The number of aliphatic hydroxyl groups excluding tert-OH is 1. The number of anilines is 2. The van der Waals surface area contributed by atoms with Gasteiger partial charge < -0.3 is 47.7 Å². The first-order valence-electron chi connectivity index (χ1n) is 28.3. The predicted octanol–water partition coefficient (Wildman–Crippen LogP) is 6.71. The molecule has 9 rings (SSSR count). The number of pyridine rings is 2. The second-order valence-corrected chi connectivity index (χ2v) is 23.7. The molecule has 0 atom stereocenters. The first-order valence-corrected chi connectivity index (χ1v) is 32.1. The molecule has 0 spiro atoms. The van der Waals surface area contributed by atoms with Crippen LogP contribution in [-0.2, 0) is 85.9 Å². The van der Waals surface area contributed by atoms with Gasteiger partial charge in [0.1, 0.15) is 6.29 Å². The van der Waals surface area contributed by atoms with E-state index in [9.17, 15) is 31.2 Å². The number of ether oxygens (including phenoxy) is 3. The fourth-order valence-electron chi connectivity index (χ4n) is 7.42. The van der Waals surface area contributed by atoms with Gasteiger partial charge in [0, 0.05) is 99.9 Å². The molecule has 96 heavy (non-hydrogen) atoms. The molecule has 0 saturated carbocycles. The number of aromatic nitrogens is 2. The number of amides is 4. The number of methoxy groups -OCH3 is 3. The molecule has 0 radical (unpaired) electrons. The van der Waals surface area contributed by atoms with E-state index in [2.05, 4.69) is 42.0 Å².